The van der Waals surface area contributed by atoms with Crippen molar-refractivity contribution in [3.8, 4) is 0 Å². The second-order valence-electron chi connectivity index (χ2n) is 4.00. The summed E-state index contributed by atoms with van der Waals surface area (Å²) in [5.41, 5.74) is 0.672. The summed E-state index contributed by atoms with van der Waals surface area (Å²) in [7, 11) is 1.76. The lowest BCUT2D eigenvalue weighted by molar-refractivity contribution is 0.479. The maximum atomic E-state index is 5.40. The highest BCUT2D eigenvalue weighted by Gasteiger charge is 2.09. The Morgan fingerprint density at radius 3 is 2.95 bits per heavy atom. The van der Waals surface area contributed by atoms with E-state index in [1.807, 2.05) is 6.92 Å². The van der Waals surface area contributed by atoms with Gasteiger partial charge in [0.25, 0.3) is 0 Å². The summed E-state index contributed by atoms with van der Waals surface area (Å²) in [6.07, 6.45) is 3.36. The normalized spacial score (nSPS) is 10.8. The Kier molecular flexibility index (Phi) is 2.75. The van der Waals surface area contributed by atoms with Crippen LogP contribution >= 0.6 is 0 Å². The smallest absolute Gasteiger partial charge is 0.226 e. The second-order valence-corrected chi connectivity index (χ2v) is 4.00. The number of H-pyrrole nitrogens is 1. The van der Waals surface area contributed by atoms with Gasteiger partial charge in [0, 0.05) is 7.05 Å². The van der Waals surface area contributed by atoms with Crippen molar-refractivity contribution in [1.82, 2.24) is 25.1 Å². The van der Waals surface area contributed by atoms with Gasteiger partial charge in [-0.1, -0.05) is 0 Å². The highest BCUT2D eigenvalue weighted by Crippen LogP contribution is 2.20. The molecule has 0 amide bonds. The van der Waals surface area contributed by atoms with Crippen LogP contribution in [0.5, 0.6) is 0 Å². The molecule has 0 unspecified atom stereocenters. The van der Waals surface area contributed by atoms with Crippen LogP contribution in [0.4, 0.5) is 11.8 Å². The predicted molar refractivity (Wildman–Crippen MR) is 69.8 cm³/mol. The van der Waals surface area contributed by atoms with E-state index in [0.717, 1.165) is 11.1 Å². The van der Waals surface area contributed by atoms with Gasteiger partial charge in [-0.25, -0.2) is 4.98 Å². The first-order valence-electron chi connectivity index (χ1n) is 5.80. The molecule has 8 nitrogen and oxygen atoms in total. The fourth-order valence-corrected chi connectivity index (χ4v) is 1.72. The lowest BCUT2D eigenvalue weighted by Crippen LogP contribution is -2.05. The number of hydrogen-bond acceptors (Lipinski definition) is 7. The van der Waals surface area contributed by atoms with Crippen LogP contribution in [0.15, 0.2) is 16.8 Å². The van der Waals surface area contributed by atoms with E-state index >= 15 is 0 Å². The Hall–Kier alpha value is -2.64. The van der Waals surface area contributed by atoms with Crippen LogP contribution < -0.4 is 10.6 Å². The lowest BCUT2D eigenvalue weighted by atomic mass is 10.4. The van der Waals surface area contributed by atoms with Crippen LogP contribution in [0.2, 0.25) is 0 Å². The first-order chi connectivity index (χ1) is 9.26. The van der Waals surface area contributed by atoms with Gasteiger partial charge in [-0.05, 0) is 6.92 Å². The number of aromatic amines is 1. The zero-order valence-electron chi connectivity index (χ0n) is 10.6. The lowest BCUT2D eigenvalue weighted by Gasteiger charge is -2.06. The summed E-state index contributed by atoms with van der Waals surface area (Å²) in [4.78, 5) is 12.7. The molecule has 0 aliphatic carbocycles. The molecule has 0 aliphatic heterocycles. The molecule has 0 aliphatic rings. The van der Waals surface area contributed by atoms with Gasteiger partial charge < -0.3 is 15.1 Å². The van der Waals surface area contributed by atoms with Gasteiger partial charge in [-0.15, -0.1) is 0 Å². The van der Waals surface area contributed by atoms with E-state index in [1.165, 1.54) is 0 Å². The quantitative estimate of drug-likeness (QED) is 0.648. The van der Waals surface area contributed by atoms with E-state index in [1.54, 1.807) is 19.4 Å². The third-order valence-corrected chi connectivity index (χ3v) is 2.61. The van der Waals surface area contributed by atoms with E-state index in [-0.39, 0.29) is 0 Å². The van der Waals surface area contributed by atoms with Gasteiger partial charge in [0.05, 0.1) is 24.3 Å². The van der Waals surface area contributed by atoms with Gasteiger partial charge >= 0.3 is 0 Å². The fraction of sp³-hybridized carbons (Fsp3) is 0.273. The van der Waals surface area contributed by atoms with Crippen LogP contribution in [0, 0.1) is 6.92 Å². The molecule has 3 heterocycles. The number of nitrogens with zero attached hydrogens (tertiary/aromatic N) is 4. The standard InChI is InChI=1S/C11H13N7O/c1-6-3-13-8(19-6)5-14-9-7-4-15-18-10(7)17-11(12-2)16-9/h3-4H,5H2,1-2H3,(H3,12,14,15,16,17,18). The molecule has 0 aromatic carbocycles. The maximum Gasteiger partial charge on any atom is 0.226 e. The van der Waals surface area contributed by atoms with E-state index in [4.69, 9.17) is 4.42 Å². The number of aryl methyl sites for hydroxylation is 1. The highest BCUT2D eigenvalue weighted by atomic mass is 16.4. The van der Waals surface area contributed by atoms with Crippen molar-refractivity contribution >= 4 is 22.8 Å². The number of hydrogen-bond donors (Lipinski definition) is 3. The summed E-state index contributed by atoms with van der Waals surface area (Å²) in [6.45, 7) is 2.31. The van der Waals surface area contributed by atoms with Crippen molar-refractivity contribution in [2.75, 3.05) is 17.7 Å². The SMILES string of the molecule is CNc1nc(NCc2ncc(C)o2)c2cn[nH]c2n1. The van der Waals surface area contributed by atoms with Crippen LogP contribution in [-0.4, -0.2) is 32.2 Å². The zero-order chi connectivity index (χ0) is 13.2. The topological polar surface area (TPSA) is 105 Å². The summed E-state index contributed by atoms with van der Waals surface area (Å²) >= 11 is 0. The number of oxazole rings is 1. The van der Waals surface area contributed by atoms with Crippen molar-refractivity contribution in [2.24, 2.45) is 0 Å². The van der Waals surface area contributed by atoms with Crippen molar-refractivity contribution in [1.29, 1.82) is 0 Å². The van der Waals surface area contributed by atoms with E-state index < -0.39 is 0 Å². The molecular weight excluding hydrogens is 246 g/mol. The molecule has 0 saturated heterocycles. The summed E-state index contributed by atoms with van der Waals surface area (Å²) in [5.74, 6) is 2.59. The fourth-order valence-electron chi connectivity index (χ4n) is 1.72. The monoisotopic (exact) mass is 259 g/mol. The molecule has 19 heavy (non-hydrogen) atoms. The molecule has 0 saturated carbocycles. The Morgan fingerprint density at radius 2 is 2.21 bits per heavy atom. The Bertz CT molecular complexity index is 702. The number of aromatic nitrogens is 5. The first kappa shape index (κ1) is 11.5. The molecule has 3 aromatic rings. The van der Waals surface area contributed by atoms with Gasteiger partial charge in [-0.2, -0.15) is 15.1 Å². The molecule has 8 heteroatoms. The van der Waals surface area contributed by atoms with Crippen molar-refractivity contribution in [3.63, 3.8) is 0 Å². The van der Waals surface area contributed by atoms with Crippen LogP contribution in [-0.2, 0) is 6.54 Å². The average Bonchev–Trinajstić information content (AvgIpc) is 3.04. The van der Waals surface area contributed by atoms with Crippen molar-refractivity contribution in [2.45, 2.75) is 13.5 Å². The Labute approximate surface area is 108 Å². The minimum Gasteiger partial charge on any atom is -0.444 e. The number of nitrogens with one attached hydrogen (secondary N) is 3. The van der Waals surface area contributed by atoms with Crippen LogP contribution in [0.1, 0.15) is 11.7 Å². The minimum atomic E-state index is 0.453. The molecule has 0 radical (unpaired) electrons. The second kappa shape index (κ2) is 4.56. The van der Waals surface area contributed by atoms with Gasteiger partial charge in [0.15, 0.2) is 5.65 Å². The highest BCUT2D eigenvalue weighted by molar-refractivity contribution is 5.86. The summed E-state index contributed by atoms with van der Waals surface area (Å²) < 4.78 is 5.40. The Morgan fingerprint density at radius 1 is 1.32 bits per heavy atom. The van der Waals surface area contributed by atoms with Crippen molar-refractivity contribution in [3.05, 3.63) is 24.0 Å². The molecule has 0 fully saturated rings. The maximum absolute atomic E-state index is 5.40. The van der Waals surface area contributed by atoms with Crippen molar-refractivity contribution < 1.29 is 4.42 Å². The number of rotatable bonds is 4. The summed E-state index contributed by atoms with van der Waals surface area (Å²) in [5, 5.41) is 13.7. The van der Waals surface area contributed by atoms with E-state index in [9.17, 15) is 0 Å². The zero-order valence-corrected chi connectivity index (χ0v) is 10.6. The average molecular weight is 259 g/mol. The number of anilines is 2. The third-order valence-electron chi connectivity index (χ3n) is 2.61. The van der Waals surface area contributed by atoms with Crippen LogP contribution in [0.25, 0.3) is 11.0 Å². The molecule has 3 aromatic heterocycles. The minimum absolute atomic E-state index is 0.453. The van der Waals surface area contributed by atoms with Gasteiger partial charge in [0.2, 0.25) is 11.8 Å². The third kappa shape index (κ3) is 2.19. The number of fused-ring (bicyclic) bond motifs is 1. The molecule has 3 rings (SSSR count). The predicted octanol–water partition coefficient (Wildman–Crippen LogP) is 1.30. The molecule has 0 bridgehead atoms. The molecule has 3 N–H and O–H groups in total. The van der Waals surface area contributed by atoms with Gasteiger partial charge in [-0.3, -0.25) is 5.10 Å². The molecule has 0 atom stereocenters. The molecule has 0 spiro atoms. The molecule has 98 valence electrons. The molecular formula is C11H13N7O. The summed E-state index contributed by atoms with van der Waals surface area (Å²) in [6, 6.07) is 0. The largest absolute Gasteiger partial charge is 0.444 e. The van der Waals surface area contributed by atoms with Gasteiger partial charge in [0.1, 0.15) is 11.6 Å². The van der Waals surface area contributed by atoms with Crippen LogP contribution in [0.3, 0.4) is 0 Å². The first-order valence-corrected chi connectivity index (χ1v) is 5.80. The van der Waals surface area contributed by atoms with E-state index in [2.05, 4.69) is 35.8 Å². The van der Waals surface area contributed by atoms with E-state index in [0.29, 0.717) is 29.8 Å². The Balaban J connectivity index is 1.88.